The maximum atomic E-state index is 12.9. The molecule has 1 aliphatic rings. The fourth-order valence-corrected chi connectivity index (χ4v) is 3.76. The summed E-state index contributed by atoms with van der Waals surface area (Å²) < 4.78 is 2.00. The van der Waals surface area contributed by atoms with Crippen molar-refractivity contribution >= 4 is 16.9 Å². The summed E-state index contributed by atoms with van der Waals surface area (Å²) in [6.45, 7) is 7.70. The predicted octanol–water partition coefficient (Wildman–Crippen LogP) is 2.77. The number of aromatic nitrogens is 4. The number of rotatable bonds is 3. The normalized spacial score (nSPS) is 17.2. The summed E-state index contributed by atoms with van der Waals surface area (Å²) in [5.41, 5.74) is 3.91. The summed E-state index contributed by atoms with van der Waals surface area (Å²) in [7, 11) is 0. The van der Waals surface area contributed by atoms with Gasteiger partial charge in [-0.05, 0) is 45.4 Å². The Morgan fingerprint density at radius 2 is 1.85 bits per heavy atom. The summed E-state index contributed by atoms with van der Waals surface area (Å²) in [5, 5.41) is 0. The Balaban J connectivity index is 1.50. The quantitative estimate of drug-likeness (QED) is 0.729. The molecule has 6 heteroatoms. The topological polar surface area (TPSA) is 63.9 Å². The monoisotopic (exact) mass is 349 g/mol. The van der Waals surface area contributed by atoms with Gasteiger partial charge in [0.15, 0.2) is 0 Å². The summed E-state index contributed by atoms with van der Waals surface area (Å²) in [4.78, 5) is 28.5. The molecule has 1 fully saturated rings. The summed E-state index contributed by atoms with van der Waals surface area (Å²) in [6.07, 6.45) is 0.915. The number of carbonyl (C=O) groups excluding carboxylic acids is 1. The lowest BCUT2D eigenvalue weighted by molar-refractivity contribution is -0.130. The van der Waals surface area contributed by atoms with Crippen LogP contribution in [0.1, 0.15) is 35.4 Å². The minimum Gasteiger partial charge on any atom is -0.340 e. The fraction of sp³-hybridized carbons (Fsp3) is 0.400. The van der Waals surface area contributed by atoms with Gasteiger partial charge in [-0.15, -0.1) is 0 Å². The number of amides is 1. The first-order valence-electron chi connectivity index (χ1n) is 9.03. The number of benzene rings is 1. The van der Waals surface area contributed by atoms with Crippen LogP contribution in [0.2, 0.25) is 0 Å². The Hall–Kier alpha value is -2.76. The van der Waals surface area contributed by atoms with Crippen molar-refractivity contribution in [2.45, 2.75) is 39.7 Å². The first-order valence-corrected chi connectivity index (χ1v) is 9.03. The highest BCUT2D eigenvalue weighted by Crippen LogP contribution is 2.26. The molecule has 0 unspecified atom stereocenters. The predicted molar refractivity (Wildman–Crippen MR) is 99.9 cm³/mol. The van der Waals surface area contributed by atoms with Crippen molar-refractivity contribution in [1.29, 1.82) is 0 Å². The Morgan fingerprint density at radius 3 is 2.62 bits per heavy atom. The lowest BCUT2D eigenvalue weighted by Gasteiger charge is -2.17. The highest BCUT2D eigenvalue weighted by atomic mass is 16.2. The van der Waals surface area contributed by atoms with E-state index >= 15 is 0 Å². The van der Waals surface area contributed by atoms with Crippen LogP contribution in [0, 0.1) is 20.8 Å². The highest BCUT2D eigenvalue weighted by molar-refractivity contribution is 5.81. The van der Waals surface area contributed by atoms with E-state index in [4.69, 9.17) is 0 Å². The van der Waals surface area contributed by atoms with Gasteiger partial charge in [0.05, 0.1) is 11.0 Å². The van der Waals surface area contributed by atoms with E-state index in [1.807, 2.05) is 60.6 Å². The van der Waals surface area contributed by atoms with E-state index in [1.54, 1.807) is 0 Å². The number of nitrogens with zero attached hydrogens (tertiary/aromatic N) is 5. The standard InChI is InChI=1S/C20H23N5O/c1-13-10-14(2)22-20(21-13)16-8-9-24(11-16)19(26)12-25-15(3)23-17-6-4-5-7-18(17)25/h4-7,10,16H,8-9,11-12H2,1-3H3/t16-/m0/s1. The minimum atomic E-state index is 0.128. The van der Waals surface area contributed by atoms with E-state index in [2.05, 4.69) is 15.0 Å². The SMILES string of the molecule is Cc1cc(C)nc([C@H]2CCN(C(=O)Cn3c(C)nc4ccccc43)C2)n1. The third-order valence-corrected chi connectivity index (χ3v) is 5.04. The average molecular weight is 349 g/mol. The van der Waals surface area contributed by atoms with Crippen LogP contribution in [-0.2, 0) is 11.3 Å². The number of hydrogen-bond acceptors (Lipinski definition) is 4. The first kappa shape index (κ1) is 16.7. The number of carbonyl (C=O) groups is 1. The number of imidazole rings is 1. The number of fused-ring (bicyclic) bond motifs is 1. The minimum absolute atomic E-state index is 0.128. The van der Waals surface area contributed by atoms with Crippen LogP contribution < -0.4 is 0 Å². The Kier molecular flexibility index (Phi) is 4.18. The molecule has 4 rings (SSSR count). The van der Waals surface area contributed by atoms with Gasteiger partial charge in [0.1, 0.15) is 18.2 Å². The van der Waals surface area contributed by atoms with E-state index in [0.29, 0.717) is 13.1 Å². The van der Waals surface area contributed by atoms with E-state index < -0.39 is 0 Å². The summed E-state index contributed by atoms with van der Waals surface area (Å²) >= 11 is 0. The van der Waals surface area contributed by atoms with Gasteiger partial charge >= 0.3 is 0 Å². The van der Waals surface area contributed by atoms with Crippen molar-refractivity contribution in [2.24, 2.45) is 0 Å². The number of aryl methyl sites for hydroxylation is 3. The molecule has 2 aromatic heterocycles. The second-order valence-electron chi connectivity index (χ2n) is 7.07. The molecule has 1 amide bonds. The summed E-state index contributed by atoms with van der Waals surface area (Å²) in [6, 6.07) is 9.92. The highest BCUT2D eigenvalue weighted by Gasteiger charge is 2.29. The van der Waals surface area contributed by atoms with Gasteiger partial charge in [0.25, 0.3) is 0 Å². The lowest BCUT2D eigenvalue weighted by Crippen LogP contribution is -2.32. The van der Waals surface area contributed by atoms with Crippen LogP contribution in [-0.4, -0.2) is 43.4 Å². The van der Waals surface area contributed by atoms with Crippen molar-refractivity contribution in [3.8, 4) is 0 Å². The molecule has 0 aliphatic carbocycles. The molecular formula is C20H23N5O. The van der Waals surface area contributed by atoms with Crippen LogP contribution in [0.5, 0.6) is 0 Å². The van der Waals surface area contributed by atoms with Gasteiger partial charge in [-0.3, -0.25) is 4.79 Å². The van der Waals surface area contributed by atoms with Crippen LogP contribution in [0.4, 0.5) is 0 Å². The Bertz CT molecular complexity index is 957. The van der Waals surface area contributed by atoms with Crippen LogP contribution in [0.25, 0.3) is 11.0 Å². The number of hydrogen-bond donors (Lipinski definition) is 0. The zero-order valence-corrected chi connectivity index (χ0v) is 15.4. The molecule has 0 saturated carbocycles. The molecule has 1 saturated heterocycles. The molecule has 1 aliphatic heterocycles. The second kappa shape index (κ2) is 6.52. The third-order valence-electron chi connectivity index (χ3n) is 5.04. The van der Waals surface area contributed by atoms with E-state index in [1.165, 1.54) is 0 Å². The third kappa shape index (κ3) is 3.07. The molecule has 6 nitrogen and oxygen atoms in total. The maximum absolute atomic E-state index is 12.9. The number of likely N-dealkylation sites (tertiary alicyclic amines) is 1. The van der Waals surface area contributed by atoms with Crippen LogP contribution in [0.3, 0.4) is 0 Å². The van der Waals surface area contributed by atoms with E-state index in [-0.39, 0.29) is 11.8 Å². The molecule has 134 valence electrons. The van der Waals surface area contributed by atoms with Gasteiger partial charge in [0.2, 0.25) is 5.91 Å². The second-order valence-corrected chi connectivity index (χ2v) is 7.07. The van der Waals surface area contributed by atoms with Crippen LogP contribution >= 0.6 is 0 Å². The van der Waals surface area contributed by atoms with Crippen molar-refractivity contribution < 1.29 is 4.79 Å². The molecule has 0 N–H and O–H groups in total. The molecule has 0 spiro atoms. The molecule has 26 heavy (non-hydrogen) atoms. The molecule has 1 aromatic carbocycles. The summed E-state index contributed by atoms with van der Waals surface area (Å²) in [5.74, 6) is 2.08. The van der Waals surface area contributed by atoms with Gasteiger partial charge in [0, 0.05) is 30.4 Å². The van der Waals surface area contributed by atoms with Gasteiger partial charge in [-0.1, -0.05) is 12.1 Å². The van der Waals surface area contributed by atoms with Gasteiger partial charge in [-0.25, -0.2) is 15.0 Å². The molecule has 0 radical (unpaired) electrons. The fourth-order valence-electron chi connectivity index (χ4n) is 3.76. The van der Waals surface area contributed by atoms with Crippen molar-refractivity contribution in [3.63, 3.8) is 0 Å². The van der Waals surface area contributed by atoms with Crippen molar-refractivity contribution in [3.05, 3.63) is 53.4 Å². The van der Waals surface area contributed by atoms with E-state index in [9.17, 15) is 4.79 Å². The van der Waals surface area contributed by atoms with E-state index in [0.717, 1.165) is 47.0 Å². The van der Waals surface area contributed by atoms with Crippen molar-refractivity contribution in [1.82, 2.24) is 24.4 Å². The Labute approximate surface area is 152 Å². The van der Waals surface area contributed by atoms with Crippen LogP contribution in [0.15, 0.2) is 30.3 Å². The average Bonchev–Trinajstić information content (AvgIpc) is 3.20. The zero-order valence-electron chi connectivity index (χ0n) is 15.4. The molecule has 0 bridgehead atoms. The number of para-hydroxylation sites is 2. The van der Waals surface area contributed by atoms with Gasteiger partial charge in [-0.2, -0.15) is 0 Å². The largest absolute Gasteiger partial charge is 0.340 e. The first-order chi connectivity index (χ1) is 12.5. The molecule has 3 aromatic rings. The smallest absolute Gasteiger partial charge is 0.242 e. The lowest BCUT2D eigenvalue weighted by atomic mass is 10.1. The van der Waals surface area contributed by atoms with Crippen molar-refractivity contribution in [2.75, 3.05) is 13.1 Å². The van der Waals surface area contributed by atoms with Gasteiger partial charge < -0.3 is 9.47 Å². The zero-order chi connectivity index (χ0) is 18.3. The maximum Gasteiger partial charge on any atom is 0.242 e. The molecule has 1 atom stereocenters. The Morgan fingerprint density at radius 1 is 1.12 bits per heavy atom. The molecular weight excluding hydrogens is 326 g/mol. The molecule has 3 heterocycles.